The van der Waals surface area contributed by atoms with Gasteiger partial charge in [-0.3, -0.25) is 4.79 Å². The second kappa shape index (κ2) is 9.81. The molecule has 2 N–H and O–H groups in total. The van der Waals surface area contributed by atoms with Crippen LogP contribution in [0.1, 0.15) is 44.0 Å². The van der Waals surface area contributed by atoms with Crippen LogP contribution in [0.2, 0.25) is 5.02 Å². The van der Waals surface area contributed by atoms with Gasteiger partial charge in [-0.1, -0.05) is 25.4 Å². The van der Waals surface area contributed by atoms with E-state index in [0.29, 0.717) is 28.7 Å². The predicted octanol–water partition coefficient (Wildman–Crippen LogP) is 5.89. The number of halogens is 4. The Bertz CT molecular complexity index is 953. The number of hydrogen-bond acceptors (Lipinski definition) is 4. The molecule has 1 amide bonds. The Morgan fingerprint density at radius 3 is 2.45 bits per heavy atom. The van der Waals surface area contributed by atoms with Crippen LogP contribution in [0.25, 0.3) is 0 Å². The number of aliphatic hydroxyl groups excluding tert-OH is 1. The van der Waals surface area contributed by atoms with Crippen LogP contribution in [-0.2, 0) is 0 Å². The van der Waals surface area contributed by atoms with Crippen LogP contribution in [0.3, 0.4) is 0 Å². The summed E-state index contributed by atoms with van der Waals surface area (Å²) in [6.45, 7) is 6.22. The zero-order valence-corrected chi connectivity index (χ0v) is 18.9. The zero-order chi connectivity index (χ0) is 22.9. The molecule has 1 aliphatic rings. The molecule has 4 nitrogen and oxygen atoms in total. The summed E-state index contributed by atoms with van der Waals surface area (Å²) >= 11 is 7.80. The molecule has 0 aliphatic carbocycles. The number of amides is 1. The number of aliphatic hydroxyl groups is 1. The maximum atomic E-state index is 13.4. The Hall–Kier alpha value is -1.74. The molecule has 3 rings (SSSR count). The highest BCUT2D eigenvalue weighted by Crippen LogP contribution is 2.39. The van der Waals surface area contributed by atoms with E-state index in [-0.39, 0.29) is 29.4 Å². The smallest absolute Gasteiger partial charge is 0.255 e. The third-order valence-corrected chi connectivity index (χ3v) is 7.11. The summed E-state index contributed by atoms with van der Waals surface area (Å²) in [5.41, 5.74) is 0.0481. The average Bonchev–Trinajstić information content (AvgIpc) is 2.69. The van der Waals surface area contributed by atoms with E-state index >= 15 is 0 Å². The van der Waals surface area contributed by atoms with Crippen molar-refractivity contribution in [1.29, 1.82) is 0 Å². The number of nitrogens with zero attached hydrogens (tertiary/aromatic N) is 1. The van der Waals surface area contributed by atoms with E-state index in [2.05, 4.69) is 23.5 Å². The van der Waals surface area contributed by atoms with Crippen molar-refractivity contribution in [2.45, 2.75) is 56.7 Å². The molecule has 0 saturated carbocycles. The summed E-state index contributed by atoms with van der Waals surface area (Å²) in [5, 5.41) is 13.0. The first-order valence-electron chi connectivity index (χ1n) is 9.96. The van der Waals surface area contributed by atoms with Gasteiger partial charge in [0, 0.05) is 40.4 Å². The molecule has 2 aromatic carbocycles. The topological polar surface area (TPSA) is 52.6 Å². The average molecular weight is 473 g/mol. The Labute approximate surface area is 188 Å². The Morgan fingerprint density at radius 2 is 1.84 bits per heavy atom. The van der Waals surface area contributed by atoms with Crippen LogP contribution < -0.4 is 5.32 Å². The fourth-order valence-corrected chi connectivity index (χ4v) is 5.20. The molecule has 3 atom stereocenters. The van der Waals surface area contributed by atoms with E-state index in [1.54, 1.807) is 12.1 Å². The minimum atomic E-state index is -1.59. The lowest BCUT2D eigenvalue weighted by Gasteiger charge is -2.43. The van der Waals surface area contributed by atoms with Gasteiger partial charge in [0.05, 0.1) is 11.1 Å². The molecular formula is C22H24ClF3N2O2S. The lowest BCUT2D eigenvalue weighted by atomic mass is 9.90. The van der Waals surface area contributed by atoms with E-state index in [0.717, 1.165) is 12.1 Å². The first-order chi connectivity index (χ1) is 14.6. The molecule has 3 unspecified atom stereocenters. The summed E-state index contributed by atoms with van der Waals surface area (Å²) in [4.78, 5) is 13.3. The van der Waals surface area contributed by atoms with Gasteiger partial charge in [0.2, 0.25) is 0 Å². The highest BCUT2D eigenvalue weighted by Gasteiger charge is 2.35. The second-order valence-electron chi connectivity index (χ2n) is 8.09. The molecule has 0 spiro atoms. The second-order valence-corrected chi connectivity index (χ2v) is 9.54. The predicted molar refractivity (Wildman–Crippen MR) is 117 cm³/mol. The molecule has 1 saturated heterocycles. The van der Waals surface area contributed by atoms with Gasteiger partial charge < -0.3 is 10.4 Å². The van der Waals surface area contributed by atoms with E-state index in [1.807, 2.05) is 6.92 Å². The van der Waals surface area contributed by atoms with Crippen molar-refractivity contribution in [2.24, 2.45) is 5.92 Å². The van der Waals surface area contributed by atoms with E-state index in [9.17, 15) is 23.1 Å². The molecule has 0 aromatic heterocycles. The third kappa shape index (κ3) is 5.55. The van der Waals surface area contributed by atoms with Gasteiger partial charge >= 0.3 is 0 Å². The Morgan fingerprint density at radius 1 is 1.19 bits per heavy atom. The van der Waals surface area contributed by atoms with Crippen LogP contribution in [-0.4, -0.2) is 33.5 Å². The van der Waals surface area contributed by atoms with Crippen molar-refractivity contribution in [3.8, 4) is 0 Å². The van der Waals surface area contributed by atoms with Crippen LogP contribution in [0.5, 0.6) is 0 Å². The van der Waals surface area contributed by atoms with Crippen molar-refractivity contribution in [2.75, 3.05) is 5.32 Å². The van der Waals surface area contributed by atoms with E-state index in [4.69, 9.17) is 11.6 Å². The molecule has 9 heteroatoms. The van der Waals surface area contributed by atoms with Gasteiger partial charge in [0.15, 0.2) is 17.5 Å². The van der Waals surface area contributed by atoms with Gasteiger partial charge in [-0.15, -0.1) is 0 Å². The Balaban J connectivity index is 1.82. The summed E-state index contributed by atoms with van der Waals surface area (Å²) in [5.74, 6) is -4.67. The van der Waals surface area contributed by atoms with Crippen molar-refractivity contribution in [1.82, 2.24) is 4.31 Å². The highest BCUT2D eigenvalue weighted by atomic mass is 35.5. The molecule has 168 valence electrons. The van der Waals surface area contributed by atoms with E-state index < -0.39 is 23.4 Å². The summed E-state index contributed by atoms with van der Waals surface area (Å²) < 4.78 is 42.2. The number of benzene rings is 2. The molecule has 0 bridgehead atoms. The molecule has 31 heavy (non-hydrogen) atoms. The van der Waals surface area contributed by atoms with Gasteiger partial charge in [0.1, 0.15) is 0 Å². The van der Waals surface area contributed by atoms with Crippen molar-refractivity contribution in [3.63, 3.8) is 0 Å². The molecule has 1 heterocycles. The highest BCUT2D eigenvalue weighted by molar-refractivity contribution is 7.97. The minimum Gasteiger partial charge on any atom is -0.393 e. The lowest BCUT2D eigenvalue weighted by molar-refractivity contribution is 0.0424. The number of anilines is 1. The SMILES string of the molecule is CC(C)C1CC(O)CC(C)N1Sc1cc(C(=O)Nc2cc(F)c(F)c(F)c2)ccc1Cl. The van der Waals surface area contributed by atoms with Gasteiger partial charge in [-0.2, -0.15) is 0 Å². The van der Waals surface area contributed by atoms with Gasteiger partial charge in [-0.05, 0) is 55.8 Å². The third-order valence-electron chi connectivity index (χ3n) is 5.30. The number of hydrogen-bond donors (Lipinski definition) is 2. The quantitative estimate of drug-likeness (QED) is 0.421. The van der Waals surface area contributed by atoms with Crippen LogP contribution in [0.15, 0.2) is 35.2 Å². The maximum absolute atomic E-state index is 13.4. The minimum absolute atomic E-state index is 0.0971. The standard InChI is InChI=1S/C22H24ClF3N2O2S/c1-11(2)19-10-15(29)6-12(3)28(19)31-20-7-13(4-5-16(20)23)22(30)27-14-8-17(24)21(26)18(25)9-14/h4-5,7-9,11-12,15,19,29H,6,10H2,1-3H3,(H,27,30). The summed E-state index contributed by atoms with van der Waals surface area (Å²) in [6.07, 6.45) is 0.924. The normalized spacial score (nSPS) is 22.0. The van der Waals surface area contributed by atoms with Crippen molar-refractivity contribution < 1.29 is 23.1 Å². The molecule has 1 fully saturated rings. The van der Waals surface area contributed by atoms with Crippen LogP contribution in [0.4, 0.5) is 18.9 Å². The van der Waals surface area contributed by atoms with Gasteiger partial charge in [-0.25, -0.2) is 17.5 Å². The number of rotatable bonds is 5. The maximum Gasteiger partial charge on any atom is 0.255 e. The number of carbonyl (C=O) groups excluding carboxylic acids is 1. The van der Waals surface area contributed by atoms with Crippen LogP contribution in [0, 0.1) is 23.4 Å². The van der Waals surface area contributed by atoms with Crippen molar-refractivity contribution in [3.05, 3.63) is 58.4 Å². The Kier molecular flexibility index (Phi) is 7.57. The molecule has 0 radical (unpaired) electrons. The van der Waals surface area contributed by atoms with Gasteiger partial charge in [0.25, 0.3) is 5.91 Å². The largest absolute Gasteiger partial charge is 0.393 e. The first kappa shape index (κ1) is 23.9. The molecular weight excluding hydrogens is 449 g/mol. The monoisotopic (exact) mass is 472 g/mol. The number of carbonyl (C=O) groups is 1. The molecule has 1 aliphatic heterocycles. The summed E-state index contributed by atoms with van der Waals surface area (Å²) in [6, 6.07) is 6.35. The number of piperidine rings is 1. The molecule has 2 aromatic rings. The van der Waals surface area contributed by atoms with Crippen LogP contribution >= 0.6 is 23.5 Å². The van der Waals surface area contributed by atoms with E-state index in [1.165, 1.54) is 18.0 Å². The number of nitrogens with one attached hydrogen (secondary N) is 1. The van der Waals surface area contributed by atoms with Crippen molar-refractivity contribution >= 4 is 35.1 Å². The first-order valence-corrected chi connectivity index (χ1v) is 11.1. The fourth-order valence-electron chi connectivity index (χ4n) is 3.69. The summed E-state index contributed by atoms with van der Waals surface area (Å²) in [7, 11) is 0. The lowest BCUT2D eigenvalue weighted by Crippen LogP contribution is -2.48. The fraction of sp³-hybridized carbons (Fsp3) is 0.409. The zero-order valence-electron chi connectivity index (χ0n) is 17.3.